The molecule has 26 heavy (non-hydrogen) atoms. The zero-order valence-corrected chi connectivity index (χ0v) is 17.2. The van der Waals surface area contributed by atoms with Crippen LogP contribution in [0.4, 0.5) is 11.4 Å². The molecule has 0 bridgehead atoms. The lowest BCUT2D eigenvalue weighted by Gasteiger charge is -2.36. The van der Waals surface area contributed by atoms with Crippen LogP contribution < -0.4 is 14.9 Å². The second-order valence-corrected chi connectivity index (χ2v) is 8.78. The predicted molar refractivity (Wildman–Crippen MR) is 107 cm³/mol. The quantitative estimate of drug-likeness (QED) is 0.687. The third-order valence-electron chi connectivity index (χ3n) is 4.74. The Morgan fingerprint density at radius 2 is 2.12 bits per heavy atom. The van der Waals surface area contributed by atoms with Crippen molar-refractivity contribution in [1.82, 2.24) is 4.72 Å². The lowest BCUT2D eigenvalue weighted by molar-refractivity contribution is -0.113. The molecule has 1 heterocycles. The zero-order valence-electron chi connectivity index (χ0n) is 15.6. The molecule has 6 nitrogen and oxygen atoms in total. The molecule has 0 aromatic heterocycles. The number of carbonyl (C=O) groups excluding carboxylic acids is 1. The van der Waals surface area contributed by atoms with Gasteiger partial charge < -0.3 is 10.2 Å². The van der Waals surface area contributed by atoms with Gasteiger partial charge in [-0.25, -0.2) is 13.1 Å². The van der Waals surface area contributed by atoms with Crippen molar-refractivity contribution in [1.29, 1.82) is 0 Å². The van der Waals surface area contributed by atoms with Crippen LogP contribution in [-0.4, -0.2) is 38.8 Å². The van der Waals surface area contributed by atoms with Crippen molar-refractivity contribution in [2.24, 2.45) is 0 Å². The number of hydrogen-bond acceptors (Lipinski definition) is 4. The van der Waals surface area contributed by atoms with Crippen LogP contribution in [0.2, 0.25) is 0 Å². The molecule has 0 unspecified atom stereocenters. The molecule has 1 aromatic rings. The van der Waals surface area contributed by atoms with Gasteiger partial charge in [-0.2, -0.15) is 0 Å². The molecule has 1 amide bonds. The summed E-state index contributed by atoms with van der Waals surface area (Å²) in [5, 5.41) is 2.63. The fraction of sp³-hybridized carbons (Fsp3) is 0.611. The van der Waals surface area contributed by atoms with Gasteiger partial charge in [-0.3, -0.25) is 4.79 Å². The first kappa shape index (κ1) is 21.0. The predicted octanol–water partition coefficient (Wildman–Crippen LogP) is 3.32. The first-order valence-corrected chi connectivity index (χ1v) is 11.1. The van der Waals surface area contributed by atoms with E-state index in [-0.39, 0.29) is 28.8 Å². The van der Waals surface area contributed by atoms with Crippen molar-refractivity contribution in [3.63, 3.8) is 0 Å². The largest absolute Gasteiger partial charge is 0.368 e. The summed E-state index contributed by atoms with van der Waals surface area (Å²) in [5.41, 5.74) is 1.10. The number of piperidine rings is 1. The van der Waals surface area contributed by atoms with E-state index in [0.717, 1.165) is 25.8 Å². The minimum absolute atomic E-state index is 0.173. The number of hydrogen-bond donors (Lipinski definition) is 2. The second-order valence-electron chi connectivity index (χ2n) is 6.83. The highest BCUT2D eigenvalue weighted by Crippen LogP contribution is 2.33. The fourth-order valence-corrected chi connectivity index (χ4v) is 4.74. The van der Waals surface area contributed by atoms with E-state index in [1.54, 1.807) is 12.1 Å². The summed E-state index contributed by atoms with van der Waals surface area (Å²) in [5.74, 6) is -0.554. The third-order valence-corrected chi connectivity index (χ3v) is 6.60. The molecule has 1 aliphatic rings. The Kier molecular flexibility index (Phi) is 7.32. The molecule has 0 radical (unpaired) electrons. The van der Waals surface area contributed by atoms with Crippen LogP contribution in [0.25, 0.3) is 0 Å². The zero-order chi connectivity index (χ0) is 19.3. The maximum absolute atomic E-state index is 13.0. The molecule has 0 spiro atoms. The lowest BCUT2D eigenvalue weighted by Crippen LogP contribution is -2.39. The summed E-state index contributed by atoms with van der Waals surface area (Å²) in [6.07, 6.45) is 3.91. The van der Waals surface area contributed by atoms with E-state index in [0.29, 0.717) is 17.8 Å². The van der Waals surface area contributed by atoms with Crippen LogP contribution in [-0.2, 0) is 14.8 Å². The molecule has 1 saturated heterocycles. The molecule has 8 heteroatoms. The highest BCUT2D eigenvalue weighted by atomic mass is 35.5. The number of anilines is 2. The lowest BCUT2D eigenvalue weighted by atomic mass is 10.0. The smallest absolute Gasteiger partial charge is 0.242 e. The Balaban J connectivity index is 2.47. The summed E-state index contributed by atoms with van der Waals surface area (Å²) in [7, 11) is -3.72. The Labute approximate surface area is 161 Å². The summed E-state index contributed by atoms with van der Waals surface area (Å²) < 4.78 is 28.7. The van der Waals surface area contributed by atoms with Crippen LogP contribution in [0.5, 0.6) is 0 Å². The Morgan fingerprint density at radius 3 is 2.73 bits per heavy atom. The monoisotopic (exact) mass is 401 g/mol. The Hall–Kier alpha value is -1.31. The van der Waals surface area contributed by atoms with Crippen molar-refractivity contribution < 1.29 is 13.2 Å². The molecule has 0 aliphatic carbocycles. The molecule has 2 atom stereocenters. The van der Waals surface area contributed by atoms with Crippen molar-refractivity contribution in [3.8, 4) is 0 Å². The normalized spacial score (nSPS) is 19.2. The van der Waals surface area contributed by atoms with E-state index >= 15 is 0 Å². The van der Waals surface area contributed by atoms with E-state index in [1.165, 1.54) is 6.07 Å². The van der Waals surface area contributed by atoms with Crippen LogP contribution >= 0.6 is 11.6 Å². The average molecular weight is 402 g/mol. The van der Waals surface area contributed by atoms with E-state index < -0.39 is 10.0 Å². The number of sulfonamides is 1. The van der Waals surface area contributed by atoms with Gasteiger partial charge in [0.15, 0.2) is 0 Å². The first-order chi connectivity index (χ1) is 12.3. The fourth-order valence-electron chi connectivity index (χ4n) is 3.11. The molecule has 2 N–H and O–H groups in total. The second kappa shape index (κ2) is 9.06. The SMILES string of the molecule is CC[C@H](C)NS(=O)(=O)c1cc(NC(=O)CCl)ccc1N1CCCC[C@H]1C. The van der Waals surface area contributed by atoms with E-state index in [4.69, 9.17) is 11.6 Å². The van der Waals surface area contributed by atoms with Gasteiger partial charge in [-0.05, 0) is 57.7 Å². The minimum Gasteiger partial charge on any atom is -0.368 e. The molecule has 146 valence electrons. The molecule has 0 saturated carbocycles. The van der Waals surface area contributed by atoms with Crippen LogP contribution in [0, 0.1) is 0 Å². The van der Waals surface area contributed by atoms with Gasteiger partial charge in [0.1, 0.15) is 10.8 Å². The number of nitrogens with one attached hydrogen (secondary N) is 2. The molecule has 1 fully saturated rings. The average Bonchev–Trinajstić information content (AvgIpc) is 2.61. The Morgan fingerprint density at radius 1 is 1.38 bits per heavy atom. The van der Waals surface area contributed by atoms with Crippen molar-refractivity contribution in [2.45, 2.75) is 63.4 Å². The van der Waals surface area contributed by atoms with Crippen molar-refractivity contribution in [3.05, 3.63) is 18.2 Å². The van der Waals surface area contributed by atoms with Crippen LogP contribution in [0.15, 0.2) is 23.1 Å². The molecule has 2 rings (SSSR count). The molecular weight excluding hydrogens is 374 g/mol. The number of rotatable bonds is 7. The van der Waals surface area contributed by atoms with Gasteiger partial charge >= 0.3 is 0 Å². The minimum atomic E-state index is -3.72. The summed E-state index contributed by atoms with van der Waals surface area (Å²) in [4.78, 5) is 13.9. The third kappa shape index (κ3) is 5.11. The number of carbonyl (C=O) groups is 1. The standard InChI is InChI=1S/C18H28ClN3O3S/c1-4-13(2)21-26(24,25)17-11-15(20-18(23)12-19)8-9-16(17)22-10-6-5-7-14(22)3/h8-9,11,13-14,21H,4-7,10,12H2,1-3H3,(H,20,23)/t13-,14+/m0/s1. The van der Waals surface area contributed by atoms with Gasteiger partial charge in [-0.15, -0.1) is 11.6 Å². The summed E-state index contributed by atoms with van der Waals surface area (Å²) in [6.45, 7) is 6.69. The van der Waals surface area contributed by atoms with Crippen molar-refractivity contribution in [2.75, 3.05) is 22.6 Å². The maximum atomic E-state index is 13.0. The van der Waals surface area contributed by atoms with E-state index in [1.807, 2.05) is 13.8 Å². The van der Waals surface area contributed by atoms with Gasteiger partial charge in [0, 0.05) is 24.3 Å². The maximum Gasteiger partial charge on any atom is 0.242 e. The number of nitrogens with zero attached hydrogens (tertiary/aromatic N) is 1. The highest BCUT2D eigenvalue weighted by molar-refractivity contribution is 7.89. The number of halogens is 1. The van der Waals surface area contributed by atoms with E-state index in [2.05, 4.69) is 21.9 Å². The van der Waals surface area contributed by atoms with Gasteiger partial charge in [-0.1, -0.05) is 6.92 Å². The van der Waals surface area contributed by atoms with Gasteiger partial charge in [0.25, 0.3) is 0 Å². The van der Waals surface area contributed by atoms with Crippen LogP contribution in [0.1, 0.15) is 46.5 Å². The van der Waals surface area contributed by atoms with Crippen molar-refractivity contribution >= 4 is 38.9 Å². The number of benzene rings is 1. The van der Waals surface area contributed by atoms with E-state index in [9.17, 15) is 13.2 Å². The molecule has 1 aromatic carbocycles. The number of amides is 1. The Bertz CT molecular complexity index is 739. The molecule has 1 aliphatic heterocycles. The first-order valence-electron chi connectivity index (χ1n) is 9.07. The summed E-state index contributed by atoms with van der Waals surface area (Å²) >= 11 is 5.54. The summed E-state index contributed by atoms with van der Waals surface area (Å²) in [6, 6.07) is 5.11. The number of alkyl halides is 1. The van der Waals surface area contributed by atoms with Gasteiger partial charge in [0.2, 0.25) is 15.9 Å². The highest BCUT2D eigenvalue weighted by Gasteiger charge is 2.27. The topological polar surface area (TPSA) is 78.5 Å². The molecular formula is C18H28ClN3O3S. The van der Waals surface area contributed by atoms with Gasteiger partial charge in [0.05, 0.1) is 5.69 Å². The van der Waals surface area contributed by atoms with Crippen LogP contribution in [0.3, 0.4) is 0 Å².